The van der Waals surface area contributed by atoms with E-state index >= 15 is 0 Å². The highest BCUT2D eigenvalue weighted by molar-refractivity contribution is 7.79. The van der Waals surface area contributed by atoms with E-state index < -0.39 is 12.4 Å². The Labute approximate surface area is 198 Å². The second-order valence-electron chi connectivity index (χ2n) is 9.50. The van der Waals surface area contributed by atoms with Gasteiger partial charge in [0.1, 0.15) is 12.0 Å². The minimum atomic E-state index is -1.95. The molecular weight excluding hydrogens is 434 g/mol. The van der Waals surface area contributed by atoms with Crippen molar-refractivity contribution in [3.8, 4) is 0 Å². The fourth-order valence-electron chi connectivity index (χ4n) is 5.44. The SMILES string of the molecule is CC[P+](CC)(CC(=O)Nc1c(C)cccc1C)C1(C(=O)Nc2c(C)cc(F)cc2C)CCC1. The zero-order chi connectivity index (χ0) is 24.4. The first-order valence-corrected chi connectivity index (χ1v) is 14.2. The van der Waals surface area contributed by atoms with Gasteiger partial charge < -0.3 is 10.6 Å². The zero-order valence-corrected chi connectivity index (χ0v) is 21.7. The normalized spacial score (nSPS) is 15.0. The first-order valence-electron chi connectivity index (χ1n) is 11.9. The molecule has 1 aliphatic carbocycles. The lowest BCUT2D eigenvalue weighted by Crippen LogP contribution is -2.53. The summed E-state index contributed by atoms with van der Waals surface area (Å²) in [6.45, 7) is 11.9. The molecule has 3 rings (SSSR count). The molecule has 0 unspecified atom stereocenters. The Kier molecular flexibility index (Phi) is 7.63. The van der Waals surface area contributed by atoms with Crippen LogP contribution in [0.15, 0.2) is 30.3 Å². The molecule has 0 spiro atoms. The van der Waals surface area contributed by atoms with Gasteiger partial charge in [-0.05, 0) is 95.2 Å². The van der Waals surface area contributed by atoms with Crippen LogP contribution in [0.3, 0.4) is 0 Å². The minimum absolute atomic E-state index is 0.00217. The van der Waals surface area contributed by atoms with E-state index in [4.69, 9.17) is 0 Å². The third-order valence-electron chi connectivity index (χ3n) is 7.65. The van der Waals surface area contributed by atoms with Crippen LogP contribution in [0, 0.1) is 33.5 Å². The van der Waals surface area contributed by atoms with E-state index in [-0.39, 0.29) is 17.6 Å². The van der Waals surface area contributed by atoms with Crippen LogP contribution in [0.1, 0.15) is 55.4 Å². The molecule has 1 saturated carbocycles. The number of aryl methyl sites for hydroxylation is 4. The van der Waals surface area contributed by atoms with Crippen LogP contribution in [0.25, 0.3) is 0 Å². The van der Waals surface area contributed by atoms with Crippen molar-refractivity contribution in [1.29, 1.82) is 0 Å². The van der Waals surface area contributed by atoms with Gasteiger partial charge in [0.05, 0.1) is 12.3 Å². The summed E-state index contributed by atoms with van der Waals surface area (Å²) in [4.78, 5) is 27.1. The molecule has 0 bridgehead atoms. The Morgan fingerprint density at radius 2 is 1.42 bits per heavy atom. The number of halogens is 1. The molecule has 2 aromatic rings. The molecule has 1 fully saturated rings. The Morgan fingerprint density at radius 1 is 0.909 bits per heavy atom. The quantitative estimate of drug-likeness (QED) is 0.425. The van der Waals surface area contributed by atoms with Gasteiger partial charge in [-0.15, -0.1) is 0 Å². The second kappa shape index (κ2) is 9.93. The third-order valence-corrected chi connectivity index (χ3v) is 13.4. The fourth-order valence-corrected chi connectivity index (χ4v) is 10.2. The van der Waals surface area contributed by atoms with E-state index in [9.17, 15) is 14.0 Å². The minimum Gasteiger partial charge on any atom is -0.322 e. The summed E-state index contributed by atoms with van der Waals surface area (Å²) >= 11 is 0. The van der Waals surface area contributed by atoms with E-state index in [1.54, 1.807) is 0 Å². The topological polar surface area (TPSA) is 58.2 Å². The van der Waals surface area contributed by atoms with E-state index in [0.29, 0.717) is 11.8 Å². The van der Waals surface area contributed by atoms with E-state index in [1.165, 1.54) is 12.1 Å². The number of nitrogens with one attached hydrogen (secondary N) is 2. The maximum atomic E-state index is 13.8. The number of anilines is 2. The molecule has 0 radical (unpaired) electrons. The predicted octanol–water partition coefficient (Wildman–Crippen LogP) is 6.62. The largest absolute Gasteiger partial charge is 0.322 e. The molecule has 0 atom stereocenters. The lowest BCUT2D eigenvalue weighted by molar-refractivity contribution is -0.120. The van der Waals surface area contributed by atoms with Crippen LogP contribution >= 0.6 is 7.26 Å². The molecule has 0 aromatic heterocycles. The smallest absolute Gasteiger partial charge is 0.268 e. The lowest BCUT2D eigenvalue weighted by Gasteiger charge is -2.48. The maximum Gasteiger partial charge on any atom is 0.268 e. The summed E-state index contributed by atoms with van der Waals surface area (Å²) < 4.78 is 13.8. The number of benzene rings is 2. The third kappa shape index (κ3) is 4.71. The molecule has 0 heterocycles. The highest BCUT2D eigenvalue weighted by atomic mass is 31.2. The molecule has 2 aromatic carbocycles. The van der Waals surface area contributed by atoms with Crippen LogP contribution in [0.5, 0.6) is 0 Å². The highest BCUT2D eigenvalue weighted by Crippen LogP contribution is 2.74. The van der Waals surface area contributed by atoms with E-state index in [1.807, 2.05) is 45.9 Å². The van der Waals surface area contributed by atoms with Gasteiger partial charge in [-0.1, -0.05) is 18.2 Å². The van der Waals surface area contributed by atoms with Crippen molar-refractivity contribution in [3.05, 3.63) is 58.4 Å². The molecule has 0 aliphatic heterocycles. The first kappa shape index (κ1) is 25.4. The summed E-state index contributed by atoms with van der Waals surface area (Å²) in [5.41, 5.74) is 5.09. The number of rotatable bonds is 8. The van der Waals surface area contributed by atoms with Gasteiger partial charge in [0.15, 0.2) is 5.16 Å². The molecule has 1 aliphatic rings. The molecule has 178 valence electrons. The van der Waals surface area contributed by atoms with Gasteiger partial charge in [-0.2, -0.15) is 0 Å². The Hall–Kier alpha value is -2.26. The maximum absolute atomic E-state index is 13.8. The Balaban J connectivity index is 1.89. The molecular formula is C27H37FN2O2P+. The monoisotopic (exact) mass is 471 g/mol. The molecule has 33 heavy (non-hydrogen) atoms. The molecule has 4 nitrogen and oxygen atoms in total. The number of hydrogen-bond acceptors (Lipinski definition) is 2. The van der Waals surface area contributed by atoms with Crippen molar-refractivity contribution in [1.82, 2.24) is 0 Å². The van der Waals surface area contributed by atoms with Crippen LogP contribution in [0.4, 0.5) is 15.8 Å². The Bertz CT molecular complexity index is 1010. The number of amides is 2. The summed E-state index contributed by atoms with van der Waals surface area (Å²) in [5.74, 6) is -0.297. The molecule has 2 amide bonds. The summed E-state index contributed by atoms with van der Waals surface area (Å²) in [7, 11) is -1.95. The fraction of sp³-hybridized carbons (Fsp3) is 0.481. The van der Waals surface area contributed by atoms with Crippen molar-refractivity contribution in [2.75, 3.05) is 29.1 Å². The number of carbonyl (C=O) groups excluding carboxylic acids is 2. The average molecular weight is 472 g/mol. The van der Waals surface area contributed by atoms with Gasteiger partial charge in [0.25, 0.3) is 11.8 Å². The number of hydrogen-bond donors (Lipinski definition) is 2. The van der Waals surface area contributed by atoms with Gasteiger partial charge in [-0.25, -0.2) is 4.39 Å². The van der Waals surface area contributed by atoms with Gasteiger partial charge in [0, 0.05) is 18.6 Å². The molecule has 0 saturated heterocycles. The van der Waals surface area contributed by atoms with Crippen molar-refractivity contribution >= 4 is 30.5 Å². The first-order chi connectivity index (χ1) is 15.6. The standard InChI is InChI=1S/C27H36FN2O2P/c1-7-33(8-2,17-23(31)29-24-18(3)11-9-12-19(24)4)27(13-10-14-27)26(32)30-25-20(5)15-22(28)16-21(25)6/h9,11-12,15-16H,7-8,10,13-14,17H2,1-6H3,(H-,29,30,31,32)/p+1. The van der Waals surface area contributed by atoms with Crippen molar-refractivity contribution in [2.45, 2.75) is 66.0 Å². The Morgan fingerprint density at radius 3 is 1.88 bits per heavy atom. The number of carbonyl (C=O) groups is 2. The van der Waals surface area contributed by atoms with Gasteiger partial charge in [-0.3, -0.25) is 9.59 Å². The average Bonchev–Trinajstić information content (AvgIpc) is 2.71. The van der Waals surface area contributed by atoms with Crippen molar-refractivity contribution < 1.29 is 14.0 Å². The molecule has 2 N–H and O–H groups in total. The summed E-state index contributed by atoms with van der Waals surface area (Å²) in [6.07, 6.45) is 4.71. The van der Waals surface area contributed by atoms with Gasteiger partial charge in [0.2, 0.25) is 0 Å². The summed E-state index contributed by atoms with van der Waals surface area (Å²) in [6, 6.07) is 8.90. The highest BCUT2D eigenvalue weighted by Gasteiger charge is 2.64. The van der Waals surface area contributed by atoms with Gasteiger partial charge >= 0.3 is 0 Å². The van der Waals surface area contributed by atoms with Crippen LogP contribution in [-0.2, 0) is 9.59 Å². The van der Waals surface area contributed by atoms with Crippen molar-refractivity contribution in [3.63, 3.8) is 0 Å². The second-order valence-corrected chi connectivity index (χ2v) is 14.2. The van der Waals surface area contributed by atoms with E-state index in [2.05, 4.69) is 24.5 Å². The predicted molar refractivity (Wildman–Crippen MR) is 139 cm³/mol. The van der Waals surface area contributed by atoms with Crippen LogP contribution in [0.2, 0.25) is 0 Å². The summed E-state index contributed by atoms with van der Waals surface area (Å²) in [5, 5.41) is 5.81. The van der Waals surface area contributed by atoms with E-state index in [0.717, 1.165) is 59.5 Å². The van der Waals surface area contributed by atoms with Crippen molar-refractivity contribution in [2.24, 2.45) is 0 Å². The van der Waals surface area contributed by atoms with Crippen LogP contribution < -0.4 is 10.6 Å². The lowest BCUT2D eigenvalue weighted by atomic mass is 9.83. The molecule has 6 heteroatoms. The number of para-hydroxylation sites is 1. The van der Waals surface area contributed by atoms with Crippen LogP contribution in [-0.4, -0.2) is 35.5 Å². The zero-order valence-electron chi connectivity index (χ0n) is 20.8.